The highest BCUT2D eigenvalue weighted by Crippen LogP contribution is 2.48. The first-order chi connectivity index (χ1) is 29.2. The molecule has 0 unspecified atom stereocenters. The van der Waals surface area contributed by atoms with Crippen molar-refractivity contribution in [3.8, 4) is 33.4 Å². The van der Waals surface area contributed by atoms with E-state index in [4.69, 9.17) is 8.83 Å². The molecule has 0 bridgehead atoms. The van der Waals surface area contributed by atoms with Crippen LogP contribution in [0.2, 0.25) is 0 Å². The van der Waals surface area contributed by atoms with Gasteiger partial charge in [0.15, 0.2) is 0 Å². The van der Waals surface area contributed by atoms with Crippen LogP contribution in [0.4, 0.5) is 17.1 Å². The number of fused-ring (bicyclic) bond motifs is 9. The summed E-state index contributed by atoms with van der Waals surface area (Å²) < 4.78 is 13.7. The van der Waals surface area contributed by atoms with Crippen LogP contribution in [0.1, 0.15) is 0 Å². The van der Waals surface area contributed by atoms with Crippen molar-refractivity contribution in [3.63, 3.8) is 0 Å². The van der Waals surface area contributed by atoms with E-state index in [0.29, 0.717) is 0 Å². The third-order valence-corrected chi connectivity index (χ3v) is 11.9. The molecule has 3 nitrogen and oxygen atoms in total. The maximum Gasteiger partial charge on any atom is 0.145 e. The largest absolute Gasteiger partial charge is 0.455 e. The number of benzene rings is 10. The first-order valence-electron chi connectivity index (χ1n) is 20.1. The fraction of sp³-hybridized carbons (Fsp3) is 0. The van der Waals surface area contributed by atoms with Gasteiger partial charge in [-0.2, -0.15) is 0 Å². The molecule has 276 valence electrons. The van der Waals surface area contributed by atoms with Crippen LogP contribution in [0.5, 0.6) is 0 Å². The number of para-hydroxylation sites is 2. The summed E-state index contributed by atoms with van der Waals surface area (Å²) in [7, 11) is 0. The lowest BCUT2D eigenvalue weighted by molar-refractivity contribution is 0.670. The van der Waals surface area contributed by atoms with Crippen molar-refractivity contribution < 1.29 is 8.83 Å². The zero-order valence-corrected chi connectivity index (χ0v) is 32.0. The van der Waals surface area contributed by atoms with E-state index >= 15 is 0 Å². The lowest BCUT2D eigenvalue weighted by atomic mass is 9.97. The number of rotatable bonds is 6. The van der Waals surface area contributed by atoms with Crippen LogP contribution in [0.3, 0.4) is 0 Å². The molecule has 0 spiro atoms. The Morgan fingerprint density at radius 3 is 1.71 bits per heavy atom. The summed E-state index contributed by atoms with van der Waals surface area (Å²) in [6, 6.07) is 75.6. The molecule has 0 radical (unpaired) electrons. The molecule has 0 aliphatic rings. The topological polar surface area (TPSA) is 29.5 Å². The molecule has 12 rings (SSSR count). The van der Waals surface area contributed by atoms with Crippen molar-refractivity contribution in [1.82, 2.24) is 0 Å². The normalized spacial score (nSPS) is 11.7. The molecule has 2 heterocycles. The van der Waals surface area contributed by atoms with Crippen LogP contribution in [-0.2, 0) is 0 Å². The first kappa shape index (κ1) is 33.3. The lowest BCUT2D eigenvalue weighted by Crippen LogP contribution is -2.10. The van der Waals surface area contributed by atoms with Crippen LogP contribution in [0.25, 0.3) is 98.8 Å². The molecule has 3 heteroatoms. The van der Waals surface area contributed by atoms with Gasteiger partial charge in [-0.05, 0) is 86.3 Å². The molecule has 0 N–H and O–H groups in total. The molecule has 0 saturated carbocycles. The number of anilines is 3. The van der Waals surface area contributed by atoms with E-state index in [1.54, 1.807) is 0 Å². The Kier molecular flexibility index (Phi) is 7.54. The van der Waals surface area contributed by atoms with E-state index in [0.717, 1.165) is 83.2 Å². The number of nitrogens with zero attached hydrogens (tertiary/aromatic N) is 1. The third kappa shape index (κ3) is 5.44. The Morgan fingerprint density at radius 2 is 0.881 bits per heavy atom. The van der Waals surface area contributed by atoms with Crippen molar-refractivity contribution in [2.24, 2.45) is 0 Å². The Hall–Kier alpha value is -7.88. The van der Waals surface area contributed by atoms with Crippen molar-refractivity contribution in [2.75, 3.05) is 4.90 Å². The molecule has 0 fully saturated rings. The molecule has 0 aliphatic carbocycles. The highest BCUT2D eigenvalue weighted by Gasteiger charge is 2.24. The van der Waals surface area contributed by atoms with Crippen molar-refractivity contribution in [2.45, 2.75) is 0 Å². The van der Waals surface area contributed by atoms with Crippen LogP contribution in [-0.4, -0.2) is 0 Å². The molecular weight excluding hydrogens is 719 g/mol. The molecule has 0 aliphatic heterocycles. The second-order valence-electron chi connectivity index (χ2n) is 15.2. The van der Waals surface area contributed by atoms with Gasteiger partial charge in [0.2, 0.25) is 0 Å². The first-order valence-corrected chi connectivity index (χ1v) is 20.1. The Balaban J connectivity index is 1.10. The fourth-order valence-electron chi connectivity index (χ4n) is 9.02. The molecule has 10 aromatic carbocycles. The third-order valence-electron chi connectivity index (χ3n) is 11.9. The minimum atomic E-state index is 0.834. The van der Waals surface area contributed by atoms with Crippen molar-refractivity contribution in [1.29, 1.82) is 0 Å². The van der Waals surface area contributed by atoms with E-state index in [9.17, 15) is 0 Å². The molecule has 59 heavy (non-hydrogen) atoms. The number of hydrogen-bond acceptors (Lipinski definition) is 3. The van der Waals surface area contributed by atoms with Gasteiger partial charge in [-0.15, -0.1) is 0 Å². The van der Waals surface area contributed by atoms with Gasteiger partial charge in [0.25, 0.3) is 0 Å². The summed E-state index contributed by atoms with van der Waals surface area (Å²) in [5, 5.41) is 9.14. The van der Waals surface area contributed by atoms with Gasteiger partial charge < -0.3 is 13.7 Å². The zero-order valence-electron chi connectivity index (χ0n) is 32.0. The Bertz CT molecular complexity index is 3540. The van der Waals surface area contributed by atoms with E-state index in [1.807, 2.05) is 12.1 Å². The predicted octanol–water partition coefficient (Wildman–Crippen LogP) is 16.3. The average Bonchev–Trinajstić information content (AvgIpc) is 3.89. The van der Waals surface area contributed by atoms with E-state index in [-0.39, 0.29) is 0 Å². The summed E-state index contributed by atoms with van der Waals surface area (Å²) in [6.07, 6.45) is 0. The highest BCUT2D eigenvalue weighted by molar-refractivity contribution is 6.18. The van der Waals surface area contributed by atoms with Crippen LogP contribution in [0.15, 0.2) is 221 Å². The molecule has 2 aromatic heterocycles. The fourth-order valence-corrected chi connectivity index (χ4v) is 9.02. The van der Waals surface area contributed by atoms with Gasteiger partial charge in [0.1, 0.15) is 22.3 Å². The monoisotopic (exact) mass is 753 g/mol. The van der Waals surface area contributed by atoms with Crippen LogP contribution < -0.4 is 4.90 Å². The molecule has 0 saturated heterocycles. The predicted molar refractivity (Wildman–Crippen MR) is 247 cm³/mol. The van der Waals surface area contributed by atoms with Crippen molar-refractivity contribution in [3.05, 3.63) is 212 Å². The number of furan rings is 2. The van der Waals surface area contributed by atoms with Gasteiger partial charge in [-0.1, -0.05) is 164 Å². The summed E-state index contributed by atoms with van der Waals surface area (Å²) >= 11 is 0. The standard InChI is InChI=1S/C56H35NO2/c1-3-12-36(13-4-1)37-22-24-40(25-23-37)46-32-33-51(54-49-18-9-10-21-52(49)58-56(46)54)57(42-29-28-41-27-26-39-16-7-8-17-44(39)50(41)34-42)43-30-31-47-48-20-11-19-45(38-14-5-2-6-15-38)55(48)59-53(47)35-43/h1-35H. The van der Waals surface area contributed by atoms with Gasteiger partial charge >= 0.3 is 0 Å². The second kappa shape index (κ2) is 13.4. The molecule has 12 aromatic rings. The van der Waals surface area contributed by atoms with Gasteiger partial charge in [0.05, 0.1) is 11.1 Å². The smallest absolute Gasteiger partial charge is 0.145 e. The van der Waals surface area contributed by atoms with Crippen LogP contribution >= 0.6 is 0 Å². The molecular formula is C56H35NO2. The van der Waals surface area contributed by atoms with Gasteiger partial charge in [0, 0.05) is 44.7 Å². The van der Waals surface area contributed by atoms with Crippen molar-refractivity contribution >= 4 is 82.5 Å². The zero-order chi connectivity index (χ0) is 38.9. The Labute approximate surface area is 340 Å². The Morgan fingerprint density at radius 1 is 0.305 bits per heavy atom. The maximum absolute atomic E-state index is 6.86. The second-order valence-corrected chi connectivity index (χ2v) is 15.2. The SMILES string of the molecule is c1ccc(-c2ccc(-c3ccc(N(c4ccc5c(c4)oc4c(-c6ccccc6)cccc45)c4ccc5ccc6ccccc6c5c4)c4c3oc3ccccc34)cc2)cc1. The van der Waals surface area contributed by atoms with Gasteiger partial charge in [-0.25, -0.2) is 0 Å². The quantitative estimate of drug-likeness (QED) is 0.158. The number of hydrogen-bond donors (Lipinski definition) is 0. The lowest BCUT2D eigenvalue weighted by Gasteiger charge is -2.27. The van der Waals surface area contributed by atoms with E-state index < -0.39 is 0 Å². The van der Waals surface area contributed by atoms with E-state index in [1.165, 1.54) is 32.7 Å². The van der Waals surface area contributed by atoms with Crippen LogP contribution in [0, 0.1) is 0 Å². The summed E-state index contributed by atoms with van der Waals surface area (Å²) in [5.74, 6) is 0. The van der Waals surface area contributed by atoms with E-state index in [2.05, 4.69) is 205 Å². The maximum atomic E-state index is 6.86. The minimum absolute atomic E-state index is 0.834. The summed E-state index contributed by atoms with van der Waals surface area (Å²) in [6.45, 7) is 0. The highest BCUT2D eigenvalue weighted by atomic mass is 16.3. The summed E-state index contributed by atoms with van der Waals surface area (Å²) in [4.78, 5) is 2.37. The van der Waals surface area contributed by atoms with Gasteiger partial charge in [-0.3, -0.25) is 0 Å². The summed E-state index contributed by atoms with van der Waals surface area (Å²) in [5.41, 5.74) is 13.2. The minimum Gasteiger partial charge on any atom is -0.455 e. The average molecular weight is 754 g/mol. The molecule has 0 atom stereocenters. The molecule has 0 amide bonds.